The van der Waals surface area contributed by atoms with Crippen LogP contribution in [-0.2, 0) is 19.0 Å². The Morgan fingerprint density at radius 1 is 1.10 bits per heavy atom. The van der Waals surface area contributed by atoms with E-state index >= 15 is 4.39 Å². The van der Waals surface area contributed by atoms with Gasteiger partial charge >= 0.3 is 11.9 Å². The minimum atomic E-state index is -2.24. The van der Waals surface area contributed by atoms with E-state index < -0.39 is 35.5 Å². The number of carbonyl (C=O) groups is 2. The second kappa shape index (κ2) is 10.9. The predicted octanol–water partition coefficient (Wildman–Crippen LogP) is 4.77. The fraction of sp³-hybridized carbons (Fsp3) is 0.536. The average Bonchev–Trinajstić information content (AvgIpc) is 3.27. The molecule has 1 saturated heterocycles. The zero-order valence-electron chi connectivity index (χ0n) is 22.4. The zero-order chi connectivity index (χ0) is 27.6. The van der Waals surface area contributed by atoms with Crippen LogP contribution in [0, 0.1) is 0 Å². The summed E-state index contributed by atoms with van der Waals surface area (Å²) < 4.78 is 35.4. The van der Waals surface area contributed by atoms with Crippen LogP contribution in [0.15, 0.2) is 43.0 Å². The Kier molecular flexibility index (Phi) is 7.53. The number of halogens is 1. The highest BCUT2D eigenvalue weighted by Gasteiger charge is 2.66. The van der Waals surface area contributed by atoms with Gasteiger partial charge in [0.15, 0.2) is 34.5 Å². The standard InChI is InChI=1S/C28H34FN5O5/c1-18(35)39-28(3)21(15-37-25(36)19-11-7-6-8-12-19)38-26(27(28,2)29)34-17-32-22-23(30-16-31-24(22)34)33-20-13-9-4-5-10-14-20/h6-8,11-12,16-17,20-21,26H,4-5,9-10,13-15H2,1-3H3,(H,30,31,33)/t21-,26+,27+,28-/m1/s1. The molecule has 0 bridgehead atoms. The Hall–Kier alpha value is -3.60. The number of nitrogens with one attached hydrogen (secondary N) is 1. The molecule has 0 spiro atoms. The third kappa shape index (κ3) is 5.19. The van der Waals surface area contributed by atoms with E-state index in [1.165, 1.54) is 50.8 Å². The van der Waals surface area contributed by atoms with Crippen molar-refractivity contribution in [3.63, 3.8) is 0 Å². The molecule has 3 heterocycles. The summed E-state index contributed by atoms with van der Waals surface area (Å²) in [6.07, 6.45) is 7.34. The van der Waals surface area contributed by atoms with Crippen LogP contribution >= 0.6 is 0 Å². The highest BCUT2D eigenvalue weighted by Crippen LogP contribution is 2.51. The summed E-state index contributed by atoms with van der Waals surface area (Å²) in [6, 6.07) is 8.72. The first-order valence-corrected chi connectivity index (χ1v) is 13.4. The van der Waals surface area contributed by atoms with E-state index in [1.54, 1.807) is 30.3 Å². The molecule has 1 aromatic carbocycles. The van der Waals surface area contributed by atoms with Crippen LogP contribution in [0.1, 0.15) is 75.9 Å². The molecule has 1 aliphatic heterocycles. The van der Waals surface area contributed by atoms with Crippen LogP contribution in [-0.4, -0.2) is 61.5 Å². The molecule has 208 valence electrons. The summed E-state index contributed by atoms with van der Waals surface area (Å²) in [5.74, 6) is -0.693. The maximum Gasteiger partial charge on any atom is 0.338 e. The van der Waals surface area contributed by atoms with Crippen molar-refractivity contribution in [3.05, 3.63) is 48.5 Å². The number of alkyl halides is 1. The molecule has 2 fully saturated rings. The van der Waals surface area contributed by atoms with Gasteiger partial charge in [0, 0.05) is 13.0 Å². The van der Waals surface area contributed by atoms with Crippen LogP contribution in [0.25, 0.3) is 11.2 Å². The lowest BCUT2D eigenvalue weighted by Crippen LogP contribution is -2.55. The number of ether oxygens (including phenoxy) is 3. The lowest BCUT2D eigenvalue weighted by atomic mass is 9.84. The van der Waals surface area contributed by atoms with Gasteiger partial charge in [-0.25, -0.2) is 24.1 Å². The summed E-state index contributed by atoms with van der Waals surface area (Å²) in [6.45, 7) is 3.62. The van der Waals surface area contributed by atoms with Crippen LogP contribution in [0.3, 0.4) is 0 Å². The molecule has 10 nitrogen and oxygen atoms in total. The normalized spacial score (nSPS) is 27.7. The van der Waals surface area contributed by atoms with E-state index in [9.17, 15) is 9.59 Å². The average molecular weight is 540 g/mol. The van der Waals surface area contributed by atoms with Gasteiger partial charge in [-0.2, -0.15) is 0 Å². The minimum Gasteiger partial charge on any atom is -0.459 e. The molecule has 2 aliphatic rings. The van der Waals surface area contributed by atoms with Gasteiger partial charge in [0.25, 0.3) is 0 Å². The van der Waals surface area contributed by atoms with Crippen molar-refractivity contribution in [2.24, 2.45) is 0 Å². The first kappa shape index (κ1) is 27.0. The molecule has 5 rings (SSSR count). The number of hydrogen-bond donors (Lipinski definition) is 1. The maximum atomic E-state index is 16.7. The van der Waals surface area contributed by atoms with Gasteiger partial charge < -0.3 is 19.5 Å². The van der Waals surface area contributed by atoms with Crippen molar-refractivity contribution < 1.29 is 28.2 Å². The van der Waals surface area contributed by atoms with E-state index in [1.807, 2.05) is 0 Å². The lowest BCUT2D eigenvalue weighted by molar-refractivity contribution is -0.175. The molecule has 0 amide bonds. The van der Waals surface area contributed by atoms with Crippen LogP contribution in [0.4, 0.5) is 10.2 Å². The maximum absolute atomic E-state index is 16.7. The first-order valence-electron chi connectivity index (χ1n) is 13.4. The van der Waals surface area contributed by atoms with Crippen molar-refractivity contribution in [1.82, 2.24) is 19.5 Å². The predicted molar refractivity (Wildman–Crippen MR) is 141 cm³/mol. The van der Waals surface area contributed by atoms with E-state index in [-0.39, 0.29) is 12.6 Å². The molecule has 2 aromatic heterocycles. The van der Waals surface area contributed by atoms with Gasteiger partial charge in [-0.3, -0.25) is 9.36 Å². The second-order valence-electron chi connectivity index (χ2n) is 10.6. The lowest BCUT2D eigenvalue weighted by Gasteiger charge is -2.36. The largest absolute Gasteiger partial charge is 0.459 e. The van der Waals surface area contributed by atoms with Gasteiger partial charge in [-0.15, -0.1) is 0 Å². The summed E-state index contributed by atoms with van der Waals surface area (Å²) in [5, 5.41) is 3.50. The summed E-state index contributed by atoms with van der Waals surface area (Å²) in [4.78, 5) is 37.9. The first-order chi connectivity index (χ1) is 18.7. The van der Waals surface area contributed by atoms with E-state index in [0.717, 1.165) is 25.7 Å². The number of benzene rings is 1. The van der Waals surface area contributed by atoms with Crippen LogP contribution in [0.2, 0.25) is 0 Å². The SMILES string of the molecule is CC(=O)O[C@]1(C)[C@@H](COC(=O)c2ccccc2)O[C@H](n2cnc3c(NC4CCCCCC4)ncnc32)[C@]1(C)F. The number of carbonyl (C=O) groups excluding carboxylic acids is 2. The van der Waals surface area contributed by atoms with Crippen molar-refractivity contribution in [3.8, 4) is 0 Å². The van der Waals surface area contributed by atoms with Crippen molar-refractivity contribution in [2.75, 3.05) is 11.9 Å². The van der Waals surface area contributed by atoms with E-state index in [4.69, 9.17) is 14.2 Å². The molecule has 39 heavy (non-hydrogen) atoms. The van der Waals surface area contributed by atoms with Gasteiger partial charge in [-0.05, 0) is 38.8 Å². The van der Waals surface area contributed by atoms with Crippen LogP contribution < -0.4 is 5.32 Å². The molecule has 4 atom stereocenters. The summed E-state index contributed by atoms with van der Waals surface area (Å²) in [7, 11) is 0. The monoisotopic (exact) mass is 539 g/mol. The third-order valence-corrected chi connectivity index (χ3v) is 7.88. The molecule has 1 saturated carbocycles. The Labute approximate surface area is 226 Å². The van der Waals surface area contributed by atoms with E-state index in [0.29, 0.717) is 22.5 Å². The van der Waals surface area contributed by atoms with Crippen LogP contribution in [0.5, 0.6) is 0 Å². The number of rotatable bonds is 7. The minimum absolute atomic E-state index is 0.279. The quantitative estimate of drug-likeness (QED) is 0.335. The Morgan fingerprint density at radius 2 is 1.82 bits per heavy atom. The van der Waals surface area contributed by atoms with Gasteiger partial charge in [0.05, 0.1) is 11.9 Å². The van der Waals surface area contributed by atoms with Gasteiger partial charge in [-0.1, -0.05) is 43.9 Å². The summed E-state index contributed by atoms with van der Waals surface area (Å²) in [5.41, 5.74) is -2.80. The molecular formula is C28H34FN5O5. The number of esters is 2. The van der Waals surface area contributed by atoms with Crippen molar-refractivity contribution in [2.45, 2.75) is 88.9 Å². The number of fused-ring (bicyclic) bond motifs is 1. The molecular weight excluding hydrogens is 505 g/mol. The summed E-state index contributed by atoms with van der Waals surface area (Å²) >= 11 is 0. The number of aromatic nitrogens is 4. The Bertz CT molecular complexity index is 1320. The zero-order valence-corrected chi connectivity index (χ0v) is 22.4. The topological polar surface area (TPSA) is 117 Å². The number of anilines is 1. The second-order valence-corrected chi connectivity index (χ2v) is 10.6. The Balaban J connectivity index is 1.43. The molecule has 1 N–H and O–H groups in total. The number of hydrogen-bond acceptors (Lipinski definition) is 9. The molecule has 0 radical (unpaired) electrons. The van der Waals surface area contributed by atoms with Crippen molar-refractivity contribution in [1.29, 1.82) is 0 Å². The van der Waals surface area contributed by atoms with Gasteiger partial charge in [0.1, 0.15) is 19.0 Å². The number of imidazole rings is 1. The fourth-order valence-electron chi connectivity index (χ4n) is 5.52. The highest BCUT2D eigenvalue weighted by atomic mass is 19.1. The molecule has 1 aliphatic carbocycles. The van der Waals surface area contributed by atoms with Crippen molar-refractivity contribution >= 4 is 28.9 Å². The highest BCUT2D eigenvalue weighted by molar-refractivity contribution is 5.89. The van der Waals surface area contributed by atoms with E-state index in [2.05, 4.69) is 20.3 Å². The van der Waals surface area contributed by atoms with Gasteiger partial charge in [0.2, 0.25) is 0 Å². The third-order valence-electron chi connectivity index (χ3n) is 7.88. The Morgan fingerprint density at radius 3 is 2.51 bits per heavy atom. The molecule has 3 aromatic rings. The fourth-order valence-corrected chi connectivity index (χ4v) is 5.52. The molecule has 11 heteroatoms. The number of nitrogens with zero attached hydrogens (tertiary/aromatic N) is 4. The molecule has 0 unspecified atom stereocenters. The smallest absolute Gasteiger partial charge is 0.338 e.